The van der Waals surface area contributed by atoms with E-state index >= 15 is 0 Å². The fourth-order valence-corrected chi connectivity index (χ4v) is 7.93. The number of benzene rings is 7. The van der Waals surface area contributed by atoms with Gasteiger partial charge >= 0.3 is 0 Å². The van der Waals surface area contributed by atoms with E-state index in [1.807, 2.05) is 0 Å². The molecular formula is C54H56N2. The number of hydrogen-bond acceptors (Lipinski definition) is 2. The Morgan fingerprint density at radius 1 is 0.196 bits per heavy atom. The van der Waals surface area contributed by atoms with Crippen molar-refractivity contribution in [3.63, 3.8) is 0 Å². The third kappa shape index (κ3) is 7.41. The van der Waals surface area contributed by atoms with Crippen molar-refractivity contribution in [3.8, 4) is 22.3 Å². The van der Waals surface area contributed by atoms with E-state index in [1.54, 1.807) is 0 Å². The number of nitrogens with zero attached hydrogens (tertiary/aromatic N) is 2. The summed E-state index contributed by atoms with van der Waals surface area (Å²) in [7, 11) is 0. The summed E-state index contributed by atoms with van der Waals surface area (Å²) in [6, 6.07) is 45.8. The molecule has 0 radical (unpaired) electrons. The van der Waals surface area contributed by atoms with Crippen LogP contribution in [0.25, 0.3) is 22.3 Å². The Labute approximate surface area is 336 Å². The molecule has 0 heterocycles. The zero-order chi connectivity index (χ0) is 40.0. The molecule has 0 aliphatic carbocycles. The zero-order valence-electron chi connectivity index (χ0n) is 35.4. The molecule has 56 heavy (non-hydrogen) atoms. The van der Waals surface area contributed by atoms with E-state index in [2.05, 4.69) is 214 Å². The lowest BCUT2D eigenvalue weighted by Crippen LogP contribution is -2.11. The number of aryl methyl sites for hydroxylation is 12. The zero-order valence-corrected chi connectivity index (χ0v) is 35.4. The van der Waals surface area contributed by atoms with Gasteiger partial charge in [-0.05, 0) is 245 Å². The van der Waals surface area contributed by atoms with Crippen LogP contribution in [0.15, 0.2) is 121 Å². The van der Waals surface area contributed by atoms with Gasteiger partial charge in [0.2, 0.25) is 0 Å². The van der Waals surface area contributed by atoms with Crippen molar-refractivity contribution in [2.24, 2.45) is 0 Å². The third-order valence-corrected chi connectivity index (χ3v) is 12.1. The molecule has 0 spiro atoms. The summed E-state index contributed by atoms with van der Waals surface area (Å²) in [5.74, 6) is 0. The molecule has 282 valence electrons. The summed E-state index contributed by atoms with van der Waals surface area (Å²) in [5, 5.41) is 0. The Morgan fingerprint density at radius 3 is 0.643 bits per heavy atom. The first kappa shape index (κ1) is 38.4. The molecule has 0 N–H and O–H groups in total. The molecule has 0 bridgehead atoms. The molecule has 7 aromatic rings. The molecule has 0 saturated heterocycles. The van der Waals surface area contributed by atoms with Crippen LogP contribution >= 0.6 is 0 Å². The van der Waals surface area contributed by atoms with Crippen LogP contribution in [-0.2, 0) is 0 Å². The van der Waals surface area contributed by atoms with E-state index in [1.165, 1.54) is 112 Å². The van der Waals surface area contributed by atoms with E-state index in [0.717, 1.165) is 11.4 Å². The van der Waals surface area contributed by atoms with Gasteiger partial charge < -0.3 is 9.80 Å². The maximum atomic E-state index is 2.39. The molecule has 0 saturated carbocycles. The highest BCUT2D eigenvalue weighted by Crippen LogP contribution is 2.42. The summed E-state index contributed by atoms with van der Waals surface area (Å²) in [4.78, 5) is 4.79. The summed E-state index contributed by atoms with van der Waals surface area (Å²) in [6.45, 7) is 26.5. The van der Waals surface area contributed by atoms with Crippen LogP contribution in [0.5, 0.6) is 0 Å². The summed E-state index contributed by atoms with van der Waals surface area (Å²) in [5.41, 5.74) is 27.6. The van der Waals surface area contributed by atoms with Crippen molar-refractivity contribution < 1.29 is 0 Å². The fourth-order valence-electron chi connectivity index (χ4n) is 7.93. The second-order valence-corrected chi connectivity index (χ2v) is 16.2. The second kappa shape index (κ2) is 15.3. The standard InChI is InChI=1S/C54H56N2/c1-33-13-17-45(25-37(33)5)55(46-18-14-34(2)38(6)26-46)49-21-23-51(41(9)29-49)53-31-44(12)54(32-43(53)11)52-24-22-50(30-42(52)10)56(47-19-15-35(3)39(7)27-47)48-20-16-36(4)40(8)28-48/h13-32H,1-12H3. The van der Waals surface area contributed by atoms with E-state index in [9.17, 15) is 0 Å². The molecule has 0 aliphatic heterocycles. The normalized spacial score (nSPS) is 11.2. The molecule has 0 fully saturated rings. The first-order chi connectivity index (χ1) is 26.7. The Kier molecular flexibility index (Phi) is 10.5. The number of hydrogen-bond donors (Lipinski definition) is 0. The Hall–Kier alpha value is -5.86. The van der Waals surface area contributed by atoms with E-state index in [0.29, 0.717) is 0 Å². The summed E-state index contributed by atoms with van der Waals surface area (Å²) in [6.07, 6.45) is 0. The third-order valence-electron chi connectivity index (χ3n) is 12.1. The van der Waals surface area contributed by atoms with Crippen LogP contribution < -0.4 is 9.80 Å². The van der Waals surface area contributed by atoms with Crippen molar-refractivity contribution in [1.82, 2.24) is 0 Å². The molecule has 0 aromatic heterocycles. The molecule has 0 unspecified atom stereocenters. The van der Waals surface area contributed by atoms with Crippen LogP contribution in [0, 0.1) is 83.1 Å². The van der Waals surface area contributed by atoms with Gasteiger partial charge in [-0.25, -0.2) is 0 Å². The van der Waals surface area contributed by atoms with Crippen molar-refractivity contribution in [2.75, 3.05) is 9.80 Å². The van der Waals surface area contributed by atoms with Gasteiger partial charge in [-0.3, -0.25) is 0 Å². The summed E-state index contributed by atoms with van der Waals surface area (Å²) < 4.78 is 0. The van der Waals surface area contributed by atoms with Crippen molar-refractivity contribution in [3.05, 3.63) is 188 Å². The van der Waals surface area contributed by atoms with Gasteiger partial charge in [0.15, 0.2) is 0 Å². The van der Waals surface area contributed by atoms with Crippen LogP contribution in [0.4, 0.5) is 34.1 Å². The Bertz CT molecular complexity index is 2340. The quantitative estimate of drug-likeness (QED) is 0.153. The van der Waals surface area contributed by atoms with Gasteiger partial charge in [0.25, 0.3) is 0 Å². The monoisotopic (exact) mass is 732 g/mol. The van der Waals surface area contributed by atoms with Crippen molar-refractivity contribution in [2.45, 2.75) is 83.1 Å². The van der Waals surface area contributed by atoms with Gasteiger partial charge in [0.05, 0.1) is 0 Å². The SMILES string of the molecule is Cc1ccc(N(c2ccc(C)c(C)c2)c2ccc(-c3cc(C)c(-c4ccc(N(c5ccc(C)c(C)c5)c5ccc(C)c(C)c5)cc4C)cc3C)c(C)c2)cc1C. The van der Waals surface area contributed by atoms with Gasteiger partial charge in [-0.1, -0.05) is 48.5 Å². The molecule has 0 amide bonds. The Morgan fingerprint density at radius 2 is 0.411 bits per heavy atom. The van der Waals surface area contributed by atoms with E-state index in [-0.39, 0.29) is 0 Å². The number of anilines is 6. The molecule has 0 atom stereocenters. The van der Waals surface area contributed by atoms with Gasteiger partial charge in [0, 0.05) is 34.1 Å². The first-order valence-corrected chi connectivity index (χ1v) is 19.9. The molecule has 2 nitrogen and oxygen atoms in total. The molecule has 7 aromatic carbocycles. The predicted octanol–water partition coefficient (Wildman–Crippen LogP) is 15.7. The smallest absolute Gasteiger partial charge is 0.0464 e. The van der Waals surface area contributed by atoms with Crippen molar-refractivity contribution in [1.29, 1.82) is 0 Å². The minimum atomic E-state index is 1.16. The maximum absolute atomic E-state index is 2.39. The van der Waals surface area contributed by atoms with Crippen LogP contribution in [0.3, 0.4) is 0 Å². The highest BCUT2D eigenvalue weighted by Gasteiger charge is 2.19. The lowest BCUT2D eigenvalue weighted by atomic mass is 9.88. The lowest BCUT2D eigenvalue weighted by molar-refractivity contribution is 1.22. The molecule has 7 rings (SSSR count). The lowest BCUT2D eigenvalue weighted by Gasteiger charge is -2.28. The minimum Gasteiger partial charge on any atom is -0.310 e. The average molecular weight is 733 g/mol. The van der Waals surface area contributed by atoms with Gasteiger partial charge in [0.1, 0.15) is 0 Å². The molecule has 2 heteroatoms. The van der Waals surface area contributed by atoms with E-state index < -0.39 is 0 Å². The van der Waals surface area contributed by atoms with Crippen LogP contribution in [-0.4, -0.2) is 0 Å². The van der Waals surface area contributed by atoms with Gasteiger partial charge in [-0.15, -0.1) is 0 Å². The van der Waals surface area contributed by atoms with E-state index in [4.69, 9.17) is 0 Å². The molecular weight excluding hydrogens is 677 g/mol. The van der Waals surface area contributed by atoms with Crippen LogP contribution in [0.1, 0.15) is 66.8 Å². The Balaban J connectivity index is 1.25. The molecule has 0 aliphatic rings. The van der Waals surface area contributed by atoms with Gasteiger partial charge in [-0.2, -0.15) is 0 Å². The highest BCUT2D eigenvalue weighted by molar-refractivity contribution is 5.85. The number of rotatable bonds is 8. The average Bonchev–Trinajstić information content (AvgIpc) is 3.15. The first-order valence-electron chi connectivity index (χ1n) is 19.9. The summed E-state index contributed by atoms with van der Waals surface area (Å²) >= 11 is 0. The second-order valence-electron chi connectivity index (χ2n) is 16.2. The topological polar surface area (TPSA) is 6.48 Å². The minimum absolute atomic E-state index is 1.16. The predicted molar refractivity (Wildman–Crippen MR) is 244 cm³/mol. The van der Waals surface area contributed by atoms with Crippen molar-refractivity contribution >= 4 is 34.1 Å². The maximum Gasteiger partial charge on any atom is 0.0464 e. The van der Waals surface area contributed by atoms with Crippen LogP contribution in [0.2, 0.25) is 0 Å². The fraction of sp³-hybridized carbons (Fsp3) is 0.222. The highest BCUT2D eigenvalue weighted by atomic mass is 15.1. The largest absolute Gasteiger partial charge is 0.310 e.